The summed E-state index contributed by atoms with van der Waals surface area (Å²) in [5.41, 5.74) is 3.62. The largest absolute Gasteiger partial charge is 0.368 e. The number of aromatic nitrogens is 3. The summed E-state index contributed by atoms with van der Waals surface area (Å²) >= 11 is 0. The summed E-state index contributed by atoms with van der Waals surface area (Å²) in [7, 11) is 0. The molecule has 1 aliphatic rings. The Morgan fingerprint density at radius 1 is 0.812 bits per heavy atom. The molecule has 1 saturated heterocycles. The second-order valence-corrected chi connectivity index (χ2v) is 8.52. The first-order valence-corrected chi connectivity index (χ1v) is 11.7. The Hall–Kier alpha value is -3.15. The molecule has 3 aromatic rings. The van der Waals surface area contributed by atoms with Gasteiger partial charge in [-0.2, -0.15) is 15.0 Å². The SMILES string of the molecule is CCN(CC)c1nc(-c2cccc(C(C)C)c2)nc(N2CCN(c3ccccc3)CC2)n1. The Labute approximate surface area is 191 Å². The molecule has 168 valence electrons. The smallest absolute Gasteiger partial charge is 0.230 e. The van der Waals surface area contributed by atoms with E-state index in [0.29, 0.717) is 5.92 Å². The predicted octanol–water partition coefficient (Wildman–Crippen LogP) is 4.83. The highest BCUT2D eigenvalue weighted by molar-refractivity contribution is 5.60. The van der Waals surface area contributed by atoms with Gasteiger partial charge < -0.3 is 14.7 Å². The molecule has 0 amide bonds. The molecular formula is C26H34N6. The molecule has 0 saturated carbocycles. The molecule has 1 fully saturated rings. The fourth-order valence-corrected chi connectivity index (χ4v) is 4.11. The maximum Gasteiger partial charge on any atom is 0.230 e. The Morgan fingerprint density at radius 3 is 2.16 bits per heavy atom. The predicted molar refractivity (Wildman–Crippen MR) is 134 cm³/mol. The van der Waals surface area contributed by atoms with E-state index in [0.717, 1.165) is 62.6 Å². The zero-order chi connectivity index (χ0) is 22.5. The molecule has 0 N–H and O–H groups in total. The minimum Gasteiger partial charge on any atom is -0.368 e. The van der Waals surface area contributed by atoms with Crippen LogP contribution < -0.4 is 14.7 Å². The lowest BCUT2D eigenvalue weighted by atomic mass is 10.0. The fourth-order valence-electron chi connectivity index (χ4n) is 4.11. The zero-order valence-electron chi connectivity index (χ0n) is 19.7. The summed E-state index contributed by atoms with van der Waals surface area (Å²) in [6.45, 7) is 14.1. The van der Waals surface area contributed by atoms with Crippen molar-refractivity contribution in [2.75, 3.05) is 54.0 Å². The van der Waals surface area contributed by atoms with Crippen LogP contribution in [0, 0.1) is 0 Å². The van der Waals surface area contributed by atoms with Crippen LogP contribution in [0.3, 0.4) is 0 Å². The summed E-state index contributed by atoms with van der Waals surface area (Å²) < 4.78 is 0. The third-order valence-corrected chi connectivity index (χ3v) is 6.15. The van der Waals surface area contributed by atoms with E-state index in [4.69, 9.17) is 15.0 Å². The summed E-state index contributed by atoms with van der Waals surface area (Å²) in [4.78, 5) is 21.6. The number of para-hydroxylation sites is 1. The molecule has 0 atom stereocenters. The van der Waals surface area contributed by atoms with Crippen molar-refractivity contribution >= 4 is 17.6 Å². The Morgan fingerprint density at radius 2 is 1.50 bits per heavy atom. The highest BCUT2D eigenvalue weighted by atomic mass is 15.4. The number of rotatable bonds is 7. The van der Waals surface area contributed by atoms with Gasteiger partial charge in [-0.05, 0) is 43.5 Å². The molecule has 4 rings (SSSR count). The molecule has 0 radical (unpaired) electrons. The molecular weight excluding hydrogens is 396 g/mol. The second kappa shape index (κ2) is 9.98. The summed E-state index contributed by atoms with van der Waals surface area (Å²) in [6.07, 6.45) is 0. The minimum atomic E-state index is 0.463. The van der Waals surface area contributed by atoms with Gasteiger partial charge in [0.2, 0.25) is 11.9 Å². The van der Waals surface area contributed by atoms with Crippen molar-refractivity contribution in [2.45, 2.75) is 33.6 Å². The van der Waals surface area contributed by atoms with E-state index in [1.54, 1.807) is 0 Å². The van der Waals surface area contributed by atoms with Crippen LogP contribution in [-0.2, 0) is 0 Å². The highest BCUT2D eigenvalue weighted by Crippen LogP contribution is 2.26. The van der Waals surface area contributed by atoms with E-state index in [1.807, 2.05) is 0 Å². The van der Waals surface area contributed by atoms with Gasteiger partial charge in [0.25, 0.3) is 0 Å². The quantitative estimate of drug-likeness (QED) is 0.535. The first kappa shape index (κ1) is 22.1. The average Bonchev–Trinajstić information content (AvgIpc) is 2.85. The van der Waals surface area contributed by atoms with Crippen LogP contribution in [0.25, 0.3) is 11.4 Å². The third-order valence-electron chi connectivity index (χ3n) is 6.15. The summed E-state index contributed by atoms with van der Waals surface area (Å²) in [5, 5.41) is 0. The van der Waals surface area contributed by atoms with Crippen molar-refractivity contribution in [1.29, 1.82) is 0 Å². The average molecular weight is 431 g/mol. The van der Waals surface area contributed by atoms with Crippen LogP contribution >= 0.6 is 0 Å². The maximum absolute atomic E-state index is 4.94. The summed E-state index contributed by atoms with van der Waals surface area (Å²) in [6, 6.07) is 19.2. The van der Waals surface area contributed by atoms with Crippen LogP contribution in [0.2, 0.25) is 0 Å². The first-order valence-electron chi connectivity index (χ1n) is 11.7. The molecule has 6 nitrogen and oxygen atoms in total. The molecule has 2 aromatic carbocycles. The van der Waals surface area contributed by atoms with Crippen molar-refractivity contribution in [2.24, 2.45) is 0 Å². The Kier molecular flexibility index (Phi) is 6.88. The fraction of sp³-hybridized carbons (Fsp3) is 0.423. The lowest BCUT2D eigenvalue weighted by Gasteiger charge is -2.36. The Balaban J connectivity index is 1.64. The molecule has 0 bridgehead atoms. The number of hydrogen-bond acceptors (Lipinski definition) is 6. The van der Waals surface area contributed by atoms with Crippen LogP contribution in [0.4, 0.5) is 17.6 Å². The number of benzene rings is 2. The minimum absolute atomic E-state index is 0.463. The standard InChI is InChI=1S/C26H34N6/c1-5-30(6-2)25-27-24(22-12-10-11-21(19-22)20(3)4)28-26(29-25)32-17-15-31(16-18-32)23-13-8-7-9-14-23/h7-14,19-20H,5-6,15-18H2,1-4H3. The van der Waals surface area contributed by atoms with Crippen molar-refractivity contribution in [3.63, 3.8) is 0 Å². The van der Waals surface area contributed by atoms with Crippen LogP contribution in [0.15, 0.2) is 54.6 Å². The Bertz CT molecular complexity index is 1010. The van der Waals surface area contributed by atoms with Gasteiger partial charge in [0, 0.05) is 50.5 Å². The van der Waals surface area contributed by atoms with Crippen LogP contribution in [0.5, 0.6) is 0 Å². The molecule has 0 spiro atoms. The van der Waals surface area contributed by atoms with Crippen molar-refractivity contribution in [3.05, 3.63) is 60.2 Å². The molecule has 32 heavy (non-hydrogen) atoms. The van der Waals surface area contributed by atoms with E-state index in [2.05, 4.69) is 97.0 Å². The van der Waals surface area contributed by atoms with Gasteiger partial charge in [0.05, 0.1) is 0 Å². The van der Waals surface area contributed by atoms with Gasteiger partial charge in [-0.3, -0.25) is 0 Å². The number of anilines is 3. The second-order valence-electron chi connectivity index (χ2n) is 8.52. The summed E-state index contributed by atoms with van der Waals surface area (Å²) in [5.74, 6) is 2.75. The number of hydrogen-bond donors (Lipinski definition) is 0. The van der Waals surface area contributed by atoms with E-state index in [9.17, 15) is 0 Å². The first-order chi connectivity index (χ1) is 15.6. The third kappa shape index (κ3) is 4.85. The van der Waals surface area contributed by atoms with Gasteiger partial charge in [-0.15, -0.1) is 0 Å². The topological polar surface area (TPSA) is 48.4 Å². The van der Waals surface area contributed by atoms with Gasteiger partial charge in [0.15, 0.2) is 5.82 Å². The molecule has 1 aliphatic heterocycles. The van der Waals surface area contributed by atoms with Gasteiger partial charge in [0.1, 0.15) is 0 Å². The molecule has 1 aromatic heterocycles. The van der Waals surface area contributed by atoms with E-state index >= 15 is 0 Å². The highest BCUT2D eigenvalue weighted by Gasteiger charge is 2.22. The lowest BCUT2D eigenvalue weighted by molar-refractivity contribution is 0.637. The van der Waals surface area contributed by atoms with Crippen molar-refractivity contribution in [3.8, 4) is 11.4 Å². The van der Waals surface area contributed by atoms with Crippen molar-refractivity contribution in [1.82, 2.24) is 15.0 Å². The zero-order valence-corrected chi connectivity index (χ0v) is 19.7. The van der Waals surface area contributed by atoms with Gasteiger partial charge >= 0.3 is 0 Å². The van der Waals surface area contributed by atoms with E-state index in [-0.39, 0.29) is 0 Å². The van der Waals surface area contributed by atoms with E-state index in [1.165, 1.54) is 11.3 Å². The van der Waals surface area contributed by atoms with Gasteiger partial charge in [-0.1, -0.05) is 50.2 Å². The normalized spacial score (nSPS) is 14.2. The monoisotopic (exact) mass is 430 g/mol. The molecule has 0 unspecified atom stereocenters. The molecule has 0 aliphatic carbocycles. The number of piperazine rings is 1. The lowest BCUT2D eigenvalue weighted by Crippen LogP contribution is -2.47. The molecule has 6 heteroatoms. The van der Waals surface area contributed by atoms with E-state index < -0.39 is 0 Å². The van der Waals surface area contributed by atoms with Crippen LogP contribution in [0.1, 0.15) is 39.2 Å². The van der Waals surface area contributed by atoms with Crippen LogP contribution in [-0.4, -0.2) is 54.2 Å². The molecule has 2 heterocycles. The van der Waals surface area contributed by atoms with Crippen molar-refractivity contribution < 1.29 is 0 Å². The maximum atomic E-state index is 4.94. The number of nitrogens with zero attached hydrogens (tertiary/aromatic N) is 6. The van der Waals surface area contributed by atoms with Gasteiger partial charge in [-0.25, -0.2) is 0 Å².